The molecule has 1 rings (SSSR count). The lowest BCUT2D eigenvalue weighted by molar-refractivity contribution is -0.158. The van der Waals surface area contributed by atoms with Crippen molar-refractivity contribution in [3.05, 3.63) is 11.1 Å². The summed E-state index contributed by atoms with van der Waals surface area (Å²) in [5.41, 5.74) is 0. The van der Waals surface area contributed by atoms with E-state index >= 15 is 0 Å². The van der Waals surface area contributed by atoms with Gasteiger partial charge >= 0.3 is 5.97 Å². The number of hydrogen-bond donors (Lipinski definition) is 0. The molecule has 0 saturated carbocycles. The lowest BCUT2D eigenvalue weighted by atomic mass is 10.5. The Labute approximate surface area is 69.9 Å². The first-order valence-corrected chi connectivity index (χ1v) is 3.81. The van der Waals surface area contributed by atoms with E-state index in [1.54, 1.807) is 0 Å². The zero-order chi connectivity index (χ0) is 8.27. The van der Waals surface area contributed by atoms with Crippen LogP contribution < -0.4 is 0 Å². The second-order valence-corrected chi connectivity index (χ2v) is 2.57. The zero-order valence-electron chi connectivity index (χ0n) is 6.17. The molecule has 0 aromatic heterocycles. The quantitative estimate of drug-likeness (QED) is 0.610. The van der Waals surface area contributed by atoms with Crippen molar-refractivity contribution in [3.63, 3.8) is 0 Å². The number of halogens is 1. The Morgan fingerprint density at radius 1 is 1.82 bits per heavy atom. The maximum Gasteiger partial charge on any atom is 0.352 e. The molecule has 0 saturated heterocycles. The van der Waals surface area contributed by atoms with Crippen LogP contribution in [0.1, 0.15) is 13.3 Å². The molecule has 1 aliphatic rings. The minimum atomic E-state index is -0.574. The molecule has 11 heavy (non-hydrogen) atoms. The van der Waals surface area contributed by atoms with Gasteiger partial charge in [-0.3, -0.25) is 0 Å². The Balaban J connectivity index is 2.35. The maximum atomic E-state index is 10.6. The highest BCUT2D eigenvalue weighted by Gasteiger charge is 2.23. The molecule has 0 spiro atoms. The van der Waals surface area contributed by atoms with Crippen molar-refractivity contribution in [2.75, 3.05) is 6.61 Å². The van der Waals surface area contributed by atoms with E-state index in [0.29, 0.717) is 6.61 Å². The van der Waals surface area contributed by atoms with Gasteiger partial charge in [0.2, 0.25) is 6.29 Å². The molecule has 0 aromatic carbocycles. The van der Waals surface area contributed by atoms with E-state index in [1.807, 2.05) is 6.92 Å². The van der Waals surface area contributed by atoms with E-state index in [0.717, 1.165) is 6.42 Å². The molecule has 0 bridgehead atoms. The number of cyclic esters (lactones) is 1. The van der Waals surface area contributed by atoms with E-state index in [-0.39, 0.29) is 5.03 Å². The zero-order valence-corrected chi connectivity index (χ0v) is 6.93. The second-order valence-electron chi connectivity index (χ2n) is 2.16. The van der Waals surface area contributed by atoms with Gasteiger partial charge < -0.3 is 9.47 Å². The van der Waals surface area contributed by atoms with Gasteiger partial charge in [0.15, 0.2) is 0 Å². The van der Waals surface area contributed by atoms with Gasteiger partial charge in [0.25, 0.3) is 0 Å². The van der Waals surface area contributed by atoms with Crippen LogP contribution in [0.25, 0.3) is 0 Å². The van der Waals surface area contributed by atoms with E-state index < -0.39 is 12.3 Å². The van der Waals surface area contributed by atoms with E-state index in [1.165, 1.54) is 6.08 Å². The number of esters is 1. The number of carbonyl (C=O) groups excluding carboxylic acids is 1. The predicted octanol–water partition coefficient (Wildman–Crippen LogP) is 1.42. The topological polar surface area (TPSA) is 35.5 Å². The fourth-order valence-corrected chi connectivity index (χ4v) is 0.847. The van der Waals surface area contributed by atoms with Gasteiger partial charge in [-0.25, -0.2) is 4.79 Å². The van der Waals surface area contributed by atoms with Gasteiger partial charge in [-0.15, -0.1) is 0 Å². The van der Waals surface area contributed by atoms with Crippen molar-refractivity contribution in [3.8, 4) is 0 Å². The Morgan fingerprint density at radius 2 is 2.55 bits per heavy atom. The summed E-state index contributed by atoms with van der Waals surface area (Å²) in [7, 11) is 0. The molecule has 1 heterocycles. The molecular formula is C7H9ClO3. The summed E-state index contributed by atoms with van der Waals surface area (Å²) in [6.07, 6.45) is 1.77. The van der Waals surface area contributed by atoms with Crippen LogP contribution in [0.15, 0.2) is 11.1 Å². The van der Waals surface area contributed by atoms with Crippen LogP contribution in [0.3, 0.4) is 0 Å². The van der Waals surface area contributed by atoms with Crippen LogP contribution in [0.2, 0.25) is 0 Å². The summed E-state index contributed by atoms with van der Waals surface area (Å²) in [6, 6.07) is 0. The van der Waals surface area contributed by atoms with Crippen LogP contribution >= 0.6 is 11.6 Å². The van der Waals surface area contributed by atoms with Crippen molar-refractivity contribution in [1.82, 2.24) is 0 Å². The van der Waals surface area contributed by atoms with Gasteiger partial charge in [0.05, 0.1) is 6.61 Å². The molecule has 0 aromatic rings. The number of rotatable bonds is 3. The molecule has 0 radical (unpaired) electrons. The molecular weight excluding hydrogens is 168 g/mol. The molecule has 0 amide bonds. The van der Waals surface area contributed by atoms with Crippen molar-refractivity contribution in [1.29, 1.82) is 0 Å². The van der Waals surface area contributed by atoms with Crippen molar-refractivity contribution < 1.29 is 14.3 Å². The molecule has 3 nitrogen and oxygen atoms in total. The highest BCUT2D eigenvalue weighted by Crippen LogP contribution is 2.17. The fraction of sp³-hybridized carbons (Fsp3) is 0.571. The molecule has 0 fully saturated rings. The summed E-state index contributed by atoms with van der Waals surface area (Å²) in [4.78, 5) is 10.6. The van der Waals surface area contributed by atoms with Gasteiger partial charge in [0, 0.05) is 6.08 Å². The van der Waals surface area contributed by atoms with Crippen LogP contribution in [0, 0.1) is 0 Å². The third kappa shape index (κ3) is 2.20. The van der Waals surface area contributed by atoms with Crippen molar-refractivity contribution >= 4 is 17.6 Å². The predicted molar refractivity (Wildman–Crippen MR) is 40.1 cm³/mol. The lowest BCUT2D eigenvalue weighted by Crippen LogP contribution is -2.12. The third-order valence-electron chi connectivity index (χ3n) is 1.19. The number of hydrogen-bond acceptors (Lipinski definition) is 3. The molecule has 0 N–H and O–H groups in total. The molecule has 1 unspecified atom stereocenters. The SMILES string of the molecule is CCCOC1C=C(Cl)C(=O)O1. The Bertz CT molecular complexity index is 188. The summed E-state index contributed by atoms with van der Waals surface area (Å²) < 4.78 is 9.78. The smallest absolute Gasteiger partial charge is 0.352 e. The minimum absolute atomic E-state index is 0.103. The van der Waals surface area contributed by atoms with Crippen LogP contribution in [0.5, 0.6) is 0 Å². The Hall–Kier alpha value is -0.540. The molecule has 1 aliphatic heterocycles. The monoisotopic (exact) mass is 176 g/mol. The van der Waals surface area contributed by atoms with Gasteiger partial charge in [-0.1, -0.05) is 18.5 Å². The van der Waals surface area contributed by atoms with E-state index in [4.69, 9.17) is 16.3 Å². The van der Waals surface area contributed by atoms with E-state index in [2.05, 4.69) is 4.74 Å². The molecule has 1 atom stereocenters. The lowest BCUT2D eigenvalue weighted by Gasteiger charge is -2.07. The van der Waals surface area contributed by atoms with Crippen molar-refractivity contribution in [2.24, 2.45) is 0 Å². The van der Waals surface area contributed by atoms with Gasteiger partial charge in [-0.05, 0) is 6.42 Å². The average Bonchev–Trinajstić information content (AvgIpc) is 2.28. The third-order valence-corrected chi connectivity index (χ3v) is 1.47. The normalized spacial score (nSPS) is 23.3. The summed E-state index contributed by atoms with van der Waals surface area (Å²) >= 11 is 5.44. The fourth-order valence-electron chi connectivity index (χ4n) is 0.699. The minimum Gasteiger partial charge on any atom is -0.428 e. The maximum absolute atomic E-state index is 10.6. The van der Waals surface area contributed by atoms with Crippen LogP contribution in [-0.4, -0.2) is 18.9 Å². The standard InChI is InChI=1S/C7H9ClO3/c1-2-3-10-6-4-5(8)7(9)11-6/h4,6H,2-3H2,1H3. The summed E-state index contributed by atoms with van der Waals surface area (Å²) in [5, 5.41) is 0.103. The van der Waals surface area contributed by atoms with Crippen LogP contribution in [-0.2, 0) is 14.3 Å². The Morgan fingerprint density at radius 3 is 3.00 bits per heavy atom. The van der Waals surface area contributed by atoms with E-state index in [9.17, 15) is 4.79 Å². The average molecular weight is 177 g/mol. The highest BCUT2D eigenvalue weighted by atomic mass is 35.5. The van der Waals surface area contributed by atoms with Crippen LogP contribution in [0.4, 0.5) is 0 Å². The van der Waals surface area contributed by atoms with Gasteiger partial charge in [-0.2, -0.15) is 0 Å². The first-order chi connectivity index (χ1) is 5.24. The summed E-state index contributed by atoms with van der Waals surface area (Å²) in [6.45, 7) is 2.54. The number of carbonyl (C=O) groups is 1. The van der Waals surface area contributed by atoms with Crippen molar-refractivity contribution in [2.45, 2.75) is 19.6 Å². The largest absolute Gasteiger partial charge is 0.428 e. The first-order valence-electron chi connectivity index (χ1n) is 3.44. The Kier molecular flexibility index (Phi) is 2.91. The first kappa shape index (κ1) is 8.56. The summed E-state index contributed by atoms with van der Waals surface area (Å²) in [5.74, 6) is -0.507. The number of ether oxygens (including phenoxy) is 2. The second kappa shape index (κ2) is 3.74. The van der Waals surface area contributed by atoms with Gasteiger partial charge in [0.1, 0.15) is 5.03 Å². The highest BCUT2D eigenvalue weighted by molar-refractivity contribution is 6.41. The molecule has 4 heteroatoms. The molecule has 62 valence electrons. The molecule has 0 aliphatic carbocycles.